The third kappa shape index (κ3) is 2.47. The quantitative estimate of drug-likeness (QED) is 0.795. The van der Waals surface area contributed by atoms with E-state index in [9.17, 15) is 0 Å². The Balaban J connectivity index is 2.09. The molecule has 0 radical (unpaired) electrons. The van der Waals surface area contributed by atoms with Gasteiger partial charge in [0.05, 0.1) is 0 Å². The highest BCUT2D eigenvalue weighted by Gasteiger charge is 2.21. The second-order valence-electron chi connectivity index (χ2n) is 4.04. The Kier molecular flexibility index (Phi) is 3.54. The number of anilines is 1. The molecule has 0 amide bonds. The van der Waals surface area contributed by atoms with Crippen molar-refractivity contribution < 1.29 is 0 Å². The first-order chi connectivity index (χ1) is 7.33. The summed E-state index contributed by atoms with van der Waals surface area (Å²) in [5, 5.41) is 0. The van der Waals surface area contributed by atoms with Crippen molar-refractivity contribution in [2.24, 2.45) is 11.7 Å². The number of benzene rings is 1. The molecule has 2 nitrogen and oxygen atoms in total. The monoisotopic (exact) mass is 222 g/mol. The molecule has 0 saturated carbocycles. The zero-order valence-corrected chi connectivity index (χ0v) is 9.96. The highest BCUT2D eigenvalue weighted by Crippen LogP contribution is 2.26. The minimum Gasteiger partial charge on any atom is -0.371 e. The van der Waals surface area contributed by atoms with Crippen LogP contribution in [0.15, 0.2) is 29.2 Å². The number of nitrogens with zero attached hydrogens (tertiary/aromatic N) is 1. The molecule has 1 aromatic carbocycles. The Hall–Kier alpha value is -0.670. The van der Waals surface area contributed by atoms with Crippen molar-refractivity contribution in [2.75, 3.05) is 30.8 Å². The minimum absolute atomic E-state index is 0.683. The summed E-state index contributed by atoms with van der Waals surface area (Å²) in [5.41, 5.74) is 7.04. The van der Waals surface area contributed by atoms with Gasteiger partial charge < -0.3 is 10.6 Å². The first-order valence-electron chi connectivity index (χ1n) is 5.42. The average molecular weight is 222 g/mol. The van der Waals surface area contributed by atoms with Gasteiger partial charge in [-0.25, -0.2) is 0 Å². The molecule has 2 rings (SSSR count). The van der Waals surface area contributed by atoms with E-state index in [4.69, 9.17) is 5.73 Å². The van der Waals surface area contributed by atoms with Crippen molar-refractivity contribution in [3.05, 3.63) is 24.3 Å². The van der Waals surface area contributed by atoms with E-state index in [2.05, 4.69) is 35.4 Å². The van der Waals surface area contributed by atoms with Gasteiger partial charge in [0.25, 0.3) is 0 Å². The van der Waals surface area contributed by atoms with Gasteiger partial charge in [-0.3, -0.25) is 0 Å². The van der Waals surface area contributed by atoms with Gasteiger partial charge in [-0.05, 0) is 43.3 Å². The summed E-state index contributed by atoms with van der Waals surface area (Å²) in [6, 6.07) is 8.75. The standard InChI is InChI=1S/C12H18N2S/c1-15-12-4-2-3-11(7-12)14-6-5-10(8-13)9-14/h2-4,7,10H,5-6,8-9,13H2,1H3. The molecule has 1 heterocycles. The fourth-order valence-electron chi connectivity index (χ4n) is 2.07. The molecule has 15 heavy (non-hydrogen) atoms. The van der Waals surface area contributed by atoms with Crippen LogP contribution in [0.3, 0.4) is 0 Å². The van der Waals surface area contributed by atoms with Crippen LogP contribution in [0.25, 0.3) is 0 Å². The zero-order valence-electron chi connectivity index (χ0n) is 9.15. The third-order valence-electron chi connectivity index (χ3n) is 3.04. The maximum Gasteiger partial charge on any atom is 0.0377 e. The van der Waals surface area contributed by atoms with E-state index in [0.29, 0.717) is 5.92 Å². The van der Waals surface area contributed by atoms with Crippen LogP contribution in [-0.4, -0.2) is 25.9 Å². The molecular weight excluding hydrogens is 204 g/mol. The maximum absolute atomic E-state index is 5.70. The van der Waals surface area contributed by atoms with Gasteiger partial charge in [0.15, 0.2) is 0 Å². The van der Waals surface area contributed by atoms with E-state index in [1.165, 1.54) is 17.0 Å². The fraction of sp³-hybridized carbons (Fsp3) is 0.500. The van der Waals surface area contributed by atoms with Gasteiger partial charge in [-0.2, -0.15) is 0 Å². The van der Waals surface area contributed by atoms with Gasteiger partial charge in [0.1, 0.15) is 0 Å². The molecule has 1 atom stereocenters. The van der Waals surface area contributed by atoms with Crippen LogP contribution in [-0.2, 0) is 0 Å². The van der Waals surface area contributed by atoms with Crippen LogP contribution in [0.4, 0.5) is 5.69 Å². The topological polar surface area (TPSA) is 29.3 Å². The minimum atomic E-state index is 0.683. The van der Waals surface area contributed by atoms with Gasteiger partial charge in [-0.15, -0.1) is 11.8 Å². The maximum atomic E-state index is 5.70. The van der Waals surface area contributed by atoms with Gasteiger partial charge in [0.2, 0.25) is 0 Å². The van der Waals surface area contributed by atoms with Crippen LogP contribution in [0.5, 0.6) is 0 Å². The third-order valence-corrected chi connectivity index (χ3v) is 3.76. The van der Waals surface area contributed by atoms with E-state index in [1.54, 1.807) is 11.8 Å². The van der Waals surface area contributed by atoms with Crippen molar-refractivity contribution in [2.45, 2.75) is 11.3 Å². The molecule has 0 aliphatic carbocycles. The van der Waals surface area contributed by atoms with Gasteiger partial charge in [0, 0.05) is 23.7 Å². The summed E-state index contributed by atoms with van der Waals surface area (Å²) in [4.78, 5) is 3.78. The SMILES string of the molecule is CSc1cccc(N2CCC(CN)C2)c1. The Morgan fingerprint density at radius 1 is 1.53 bits per heavy atom. The van der Waals surface area contributed by atoms with Crippen LogP contribution < -0.4 is 10.6 Å². The lowest BCUT2D eigenvalue weighted by Gasteiger charge is -2.19. The summed E-state index contributed by atoms with van der Waals surface area (Å²) in [6.07, 6.45) is 3.35. The van der Waals surface area contributed by atoms with Crippen molar-refractivity contribution in [3.63, 3.8) is 0 Å². The molecule has 1 aliphatic heterocycles. The molecule has 2 N–H and O–H groups in total. The highest BCUT2D eigenvalue weighted by molar-refractivity contribution is 7.98. The van der Waals surface area contributed by atoms with E-state index in [1.807, 2.05) is 0 Å². The predicted octanol–water partition coefficient (Wildman–Crippen LogP) is 2.19. The van der Waals surface area contributed by atoms with Crippen molar-refractivity contribution in [1.82, 2.24) is 0 Å². The van der Waals surface area contributed by atoms with Crippen molar-refractivity contribution in [3.8, 4) is 0 Å². The first kappa shape index (κ1) is 10.8. The molecule has 0 aromatic heterocycles. The smallest absolute Gasteiger partial charge is 0.0377 e. The Labute approximate surface area is 95.8 Å². The van der Waals surface area contributed by atoms with Gasteiger partial charge in [-0.1, -0.05) is 6.07 Å². The fourth-order valence-corrected chi connectivity index (χ4v) is 2.52. The first-order valence-corrected chi connectivity index (χ1v) is 6.65. The van der Waals surface area contributed by atoms with Crippen molar-refractivity contribution in [1.29, 1.82) is 0 Å². The number of nitrogens with two attached hydrogens (primary N) is 1. The largest absolute Gasteiger partial charge is 0.371 e. The zero-order chi connectivity index (χ0) is 10.7. The molecule has 3 heteroatoms. The molecule has 1 unspecified atom stereocenters. The molecule has 82 valence electrons. The Morgan fingerprint density at radius 3 is 3.07 bits per heavy atom. The second-order valence-corrected chi connectivity index (χ2v) is 4.92. The number of hydrogen-bond acceptors (Lipinski definition) is 3. The van der Waals surface area contributed by atoms with Crippen LogP contribution >= 0.6 is 11.8 Å². The predicted molar refractivity (Wildman–Crippen MR) is 67.6 cm³/mol. The molecule has 0 bridgehead atoms. The normalized spacial score (nSPS) is 20.9. The molecular formula is C12H18N2S. The van der Waals surface area contributed by atoms with Gasteiger partial charge >= 0.3 is 0 Å². The summed E-state index contributed by atoms with van der Waals surface area (Å²) in [7, 11) is 0. The Bertz CT molecular complexity index is 327. The molecule has 0 spiro atoms. The number of rotatable bonds is 3. The van der Waals surface area contributed by atoms with Crippen LogP contribution in [0, 0.1) is 5.92 Å². The molecule has 1 saturated heterocycles. The van der Waals surface area contributed by atoms with Crippen molar-refractivity contribution >= 4 is 17.4 Å². The summed E-state index contributed by atoms with van der Waals surface area (Å²) < 4.78 is 0. The second kappa shape index (κ2) is 4.90. The summed E-state index contributed by atoms with van der Waals surface area (Å²) in [5.74, 6) is 0.683. The van der Waals surface area contributed by atoms with Crippen LogP contribution in [0.1, 0.15) is 6.42 Å². The summed E-state index contributed by atoms with van der Waals surface area (Å²) in [6.45, 7) is 3.09. The average Bonchev–Trinajstić information content (AvgIpc) is 2.78. The molecule has 1 aromatic rings. The highest BCUT2D eigenvalue weighted by atomic mass is 32.2. The summed E-state index contributed by atoms with van der Waals surface area (Å²) >= 11 is 1.80. The Morgan fingerprint density at radius 2 is 2.40 bits per heavy atom. The lowest BCUT2D eigenvalue weighted by atomic mass is 10.1. The van der Waals surface area contributed by atoms with E-state index in [0.717, 1.165) is 19.6 Å². The lowest BCUT2D eigenvalue weighted by molar-refractivity contribution is 0.602. The molecule has 1 fully saturated rings. The van der Waals surface area contributed by atoms with E-state index < -0.39 is 0 Å². The van der Waals surface area contributed by atoms with E-state index in [-0.39, 0.29) is 0 Å². The van der Waals surface area contributed by atoms with E-state index >= 15 is 0 Å². The number of hydrogen-bond donors (Lipinski definition) is 1. The number of thioether (sulfide) groups is 1. The lowest BCUT2D eigenvalue weighted by Crippen LogP contribution is -2.22. The molecule has 1 aliphatic rings. The van der Waals surface area contributed by atoms with Crippen LogP contribution in [0.2, 0.25) is 0 Å².